The van der Waals surface area contributed by atoms with Crippen LogP contribution in [0.3, 0.4) is 0 Å². The summed E-state index contributed by atoms with van der Waals surface area (Å²) in [6, 6.07) is 0. The average Bonchev–Trinajstić information content (AvgIpc) is 0.722. The predicted molar refractivity (Wildman–Crippen MR) is 20.9 cm³/mol. The van der Waals surface area contributed by atoms with Crippen molar-refractivity contribution in [3.05, 3.63) is 0 Å². The van der Waals surface area contributed by atoms with E-state index in [1.54, 1.807) is 0 Å². The standard InChI is InChI=1S/CH3BF3.H3N/c1-2(3,4)5;/h1H3;1H3/q-1;/p+1. The van der Waals surface area contributed by atoms with Crippen molar-refractivity contribution in [2.75, 3.05) is 0 Å². The van der Waals surface area contributed by atoms with Crippen LogP contribution in [0.5, 0.6) is 0 Å². The lowest BCUT2D eigenvalue weighted by molar-refractivity contribution is 0.487. The second-order valence-corrected chi connectivity index (χ2v) is 0.902. The fraction of sp³-hybridized carbons (Fsp3) is 1.00. The summed E-state index contributed by atoms with van der Waals surface area (Å²) in [5.74, 6) is 0. The van der Waals surface area contributed by atoms with Gasteiger partial charge < -0.3 is 19.1 Å². The van der Waals surface area contributed by atoms with E-state index < -0.39 is 6.98 Å². The molecule has 6 heavy (non-hydrogen) atoms. The van der Waals surface area contributed by atoms with Gasteiger partial charge in [0.1, 0.15) is 0 Å². The van der Waals surface area contributed by atoms with Gasteiger partial charge in [-0.15, -0.1) is 0 Å². The van der Waals surface area contributed by atoms with E-state index >= 15 is 0 Å². The molecule has 0 atom stereocenters. The van der Waals surface area contributed by atoms with Crippen LogP contribution in [0.1, 0.15) is 0 Å². The van der Waals surface area contributed by atoms with Gasteiger partial charge in [-0.05, 0) is 0 Å². The van der Waals surface area contributed by atoms with Gasteiger partial charge in [-0.25, -0.2) is 0 Å². The first-order valence-corrected chi connectivity index (χ1v) is 1.23. The van der Waals surface area contributed by atoms with E-state index in [2.05, 4.69) is 0 Å². The lowest BCUT2D eigenvalue weighted by Gasteiger charge is -1.99. The van der Waals surface area contributed by atoms with Gasteiger partial charge in [0.05, 0.1) is 0 Å². The van der Waals surface area contributed by atoms with E-state index in [4.69, 9.17) is 0 Å². The lowest BCUT2D eigenvalue weighted by atomic mass is 9.99. The maximum absolute atomic E-state index is 10.4. The van der Waals surface area contributed by atoms with Crippen molar-refractivity contribution in [2.45, 2.75) is 6.82 Å². The fourth-order valence-electron chi connectivity index (χ4n) is 0. The molecular formula is CH7BF3N. The van der Waals surface area contributed by atoms with Crippen molar-refractivity contribution < 1.29 is 12.9 Å². The first-order valence-electron chi connectivity index (χ1n) is 1.23. The molecule has 0 aliphatic rings. The van der Waals surface area contributed by atoms with Crippen LogP contribution in [-0.4, -0.2) is 6.98 Å². The van der Waals surface area contributed by atoms with E-state index in [9.17, 15) is 12.9 Å². The van der Waals surface area contributed by atoms with Gasteiger partial charge in [0, 0.05) is 0 Å². The Kier molecular flexibility index (Phi) is 3.20. The molecule has 0 amide bonds. The van der Waals surface area contributed by atoms with Crippen molar-refractivity contribution in [2.24, 2.45) is 0 Å². The minimum Gasteiger partial charge on any atom is -0.449 e. The molecule has 5 heteroatoms. The molecule has 0 aliphatic heterocycles. The van der Waals surface area contributed by atoms with Crippen LogP contribution in [0.4, 0.5) is 12.9 Å². The molecule has 0 fully saturated rings. The third-order valence-corrected chi connectivity index (χ3v) is 0. The van der Waals surface area contributed by atoms with Crippen LogP contribution in [0.15, 0.2) is 0 Å². The third-order valence-electron chi connectivity index (χ3n) is 0. The molecule has 0 unspecified atom stereocenters. The van der Waals surface area contributed by atoms with Crippen molar-refractivity contribution >= 4 is 6.98 Å². The maximum Gasteiger partial charge on any atom is 0.475 e. The Bertz CT molecular complexity index is 26.3. The van der Waals surface area contributed by atoms with Crippen molar-refractivity contribution in [1.29, 1.82) is 0 Å². The molecule has 0 saturated heterocycles. The van der Waals surface area contributed by atoms with Crippen LogP contribution in [0, 0.1) is 0 Å². The summed E-state index contributed by atoms with van der Waals surface area (Å²) in [6.45, 7) is -4.25. The summed E-state index contributed by atoms with van der Waals surface area (Å²) in [4.78, 5) is 0. The van der Waals surface area contributed by atoms with E-state index in [0.717, 1.165) is 0 Å². The molecule has 0 aromatic carbocycles. The van der Waals surface area contributed by atoms with Gasteiger partial charge in [0.15, 0.2) is 0 Å². The molecule has 0 heterocycles. The average molecular weight is 101 g/mol. The minimum atomic E-state index is -4.50. The normalized spacial score (nSPS) is 10.0. The second-order valence-electron chi connectivity index (χ2n) is 0.902. The van der Waals surface area contributed by atoms with Crippen LogP contribution in [0.2, 0.25) is 6.82 Å². The van der Waals surface area contributed by atoms with Gasteiger partial charge in [0.25, 0.3) is 0 Å². The highest BCUT2D eigenvalue weighted by atomic mass is 19.4. The zero-order chi connectivity index (χ0) is 4.50. The molecule has 0 aliphatic carbocycles. The summed E-state index contributed by atoms with van der Waals surface area (Å²) in [5, 5.41) is 0. The monoisotopic (exact) mass is 101 g/mol. The molecule has 0 bridgehead atoms. The quantitative estimate of drug-likeness (QED) is 0.452. The van der Waals surface area contributed by atoms with Crippen molar-refractivity contribution in [1.82, 2.24) is 6.15 Å². The van der Waals surface area contributed by atoms with Gasteiger partial charge in [-0.1, -0.05) is 6.82 Å². The molecule has 0 aromatic heterocycles. The van der Waals surface area contributed by atoms with Gasteiger partial charge in [0.2, 0.25) is 0 Å². The summed E-state index contributed by atoms with van der Waals surface area (Å²) in [7, 11) is 0. The second kappa shape index (κ2) is 2.07. The first kappa shape index (κ1) is 9.26. The minimum absolute atomic E-state index is 0. The van der Waals surface area contributed by atoms with Crippen LogP contribution in [-0.2, 0) is 0 Å². The Hall–Kier alpha value is -0.185. The molecule has 0 spiro atoms. The molecular weight excluding hydrogens is 93.8 g/mol. The Balaban J connectivity index is 0. The van der Waals surface area contributed by atoms with E-state index in [1.165, 1.54) is 0 Å². The molecule has 0 rings (SSSR count). The Morgan fingerprint density at radius 1 is 1.17 bits per heavy atom. The Labute approximate surface area is 34.2 Å². The smallest absolute Gasteiger partial charge is 0.449 e. The number of hydrogen-bond acceptors (Lipinski definition) is 0. The number of rotatable bonds is 0. The molecule has 0 aromatic rings. The van der Waals surface area contributed by atoms with E-state index in [-0.39, 0.29) is 13.0 Å². The predicted octanol–water partition coefficient (Wildman–Crippen LogP) is 1.84. The first-order chi connectivity index (χ1) is 2.00. The molecule has 0 radical (unpaired) electrons. The number of hydrogen-bond donors (Lipinski definition) is 1. The third kappa shape index (κ3) is 883. The van der Waals surface area contributed by atoms with Crippen LogP contribution in [0.25, 0.3) is 0 Å². The van der Waals surface area contributed by atoms with Gasteiger partial charge >= 0.3 is 6.98 Å². The van der Waals surface area contributed by atoms with Gasteiger partial charge in [-0.3, -0.25) is 0 Å². The number of halogens is 3. The summed E-state index contributed by atoms with van der Waals surface area (Å²) < 4.78 is 31.2. The van der Waals surface area contributed by atoms with E-state index in [1.807, 2.05) is 0 Å². The largest absolute Gasteiger partial charge is 0.475 e. The van der Waals surface area contributed by atoms with Crippen LogP contribution < -0.4 is 6.15 Å². The van der Waals surface area contributed by atoms with Gasteiger partial charge in [-0.2, -0.15) is 0 Å². The zero-order valence-electron chi connectivity index (χ0n) is 3.71. The highest BCUT2D eigenvalue weighted by molar-refractivity contribution is 6.56. The SMILES string of the molecule is C[B-](F)(F)F.[NH4+]. The van der Waals surface area contributed by atoms with E-state index in [0.29, 0.717) is 0 Å². The van der Waals surface area contributed by atoms with Crippen LogP contribution >= 0.6 is 0 Å². The molecule has 1 nitrogen and oxygen atoms in total. The lowest BCUT2D eigenvalue weighted by Crippen LogP contribution is -2.04. The Morgan fingerprint density at radius 3 is 1.17 bits per heavy atom. The zero-order valence-corrected chi connectivity index (χ0v) is 3.71. The fourth-order valence-corrected chi connectivity index (χ4v) is 0. The summed E-state index contributed by atoms with van der Waals surface area (Å²) in [6.07, 6.45) is 0. The highest BCUT2D eigenvalue weighted by Gasteiger charge is 2.11. The Morgan fingerprint density at radius 2 is 1.17 bits per heavy atom. The summed E-state index contributed by atoms with van der Waals surface area (Å²) >= 11 is 0. The molecule has 0 saturated carbocycles. The van der Waals surface area contributed by atoms with Crippen molar-refractivity contribution in [3.8, 4) is 0 Å². The number of quaternary nitrogens is 1. The topological polar surface area (TPSA) is 36.5 Å². The highest BCUT2D eigenvalue weighted by Crippen LogP contribution is 2.03. The maximum atomic E-state index is 10.4. The molecule has 4 N–H and O–H groups in total. The summed E-state index contributed by atoms with van der Waals surface area (Å²) in [5.41, 5.74) is 0. The van der Waals surface area contributed by atoms with Crippen molar-refractivity contribution in [3.63, 3.8) is 0 Å². The molecule has 40 valence electrons.